The van der Waals surface area contributed by atoms with Crippen LogP contribution in [0.25, 0.3) is 0 Å². The van der Waals surface area contributed by atoms with Gasteiger partial charge in [0, 0.05) is 38.4 Å². The molecule has 24 heavy (non-hydrogen) atoms. The fourth-order valence-electron chi connectivity index (χ4n) is 2.97. The molecule has 0 spiro atoms. The van der Waals surface area contributed by atoms with Crippen LogP contribution in [0.1, 0.15) is 24.0 Å². The lowest BCUT2D eigenvalue weighted by atomic mass is 10.2. The molecule has 0 amide bonds. The van der Waals surface area contributed by atoms with Gasteiger partial charge in [0.2, 0.25) is 0 Å². The molecule has 1 aliphatic heterocycles. The van der Waals surface area contributed by atoms with E-state index in [2.05, 4.69) is 27.3 Å². The van der Waals surface area contributed by atoms with E-state index in [0.29, 0.717) is 0 Å². The van der Waals surface area contributed by atoms with E-state index in [1.54, 1.807) is 14.2 Å². The zero-order valence-electron chi connectivity index (χ0n) is 14.4. The lowest BCUT2D eigenvalue weighted by Crippen LogP contribution is -2.19. The number of benzene rings is 1. The van der Waals surface area contributed by atoms with E-state index >= 15 is 0 Å². The van der Waals surface area contributed by atoms with Crippen LogP contribution in [0, 0.1) is 0 Å². The second kappa shape index (κ2) is 8.02. The number of nitrogens with one attached hydrogen (secondary N) is 1. The van der Waals surface area contributed by atoms with Gasteiger partial charge in [0.15, 0.2) is 0 Å². The standard InChI is InChI=1S/C19H25N3O2/c1-23-17-9-16(10-18(11-17)24-2)13-20-12-15-5-6-19(21-14-15)22-7-3-4-8-22/h5-6,9-11,14,20H,3-4,7-8,12-13H2,1-2H3. The van der Waals surface area contributed by atoms with Crippen LogP contribution in [0.5, 0.6) is 11.5 Å². The number of anilines is 1. The second-order valence-corrected chi connectivity index (χ2v) is 6.04. The Morgan fingerprint density at radius 2 is 1.62 bits per heavy atom. The highest BCUT2D eigenvalue weighted by Gasteiger charge is 2.12. The van der Waals surface area contributed by atoms with Gasteiger partial charge in [-0.2, -0.15) is 0 Å². The number of hydrogen-bond donors (Lipinski definition) is 1. The largest absolute Gasteiger partial charge is 0.497 e. The highest BCUT2D eigenvalue weighted by molar-refractivity contribution is 5.40. The maximum atomic E-state index is 5.30. The molecule has 1 N–H and O–H groups in total. The van der Waals surface area contributed by atoms with Crippen molar-refractivity contribution in [2.75, 3.05) is 32.2 Å². The Hall–Kier alpha value is -2.27. The van der Waals surface area contributed by atoms with Crippen molar-refractivity contribution in [1.29, 1.82) is 0 Å². The highest BCUT2D eigenvalue weighted by Crippen LogP contribution is 2.22. The number of aromatic nitrogens is 1. The van der Waals surface area contributed by atoms with E-state index in [4.69, 9.17) is 9.47 Å². The summed E-state index contributed by atoms with van der Waals surface area (Å²) in [5, 5.41) is 3.44. The van der Waals surface area contributed by atoms with Crippen LogP contribution in [0.15, 0.2) is 36.5 Å². The van der Waals surface area contributed by atoms with Gasteiger partial charge in [-0.3, -0.25) is 0 Å². The van der Waals surface area contributed by atoms with Crippen molar-refractivity contribution < 1.29 is 9.47 Å². The van der Waals surface area contributed by atoms with Crippen molar-refractivity contribution in [1.82, 2.24) is 10.3 Å². The summed E-state index contributed by atoms with van der Waals surface area (Å²) in [6.45, 7) is 3.79. The van der Waals surface area contributed by atoms with Crippen molar-refractivity contribution in [3.8, 4) is 11.5 Å². The summed E-state index contributed by atoms with van der Waals surface area (Å²) >= 11 is 0. The minimum Gasteiger partial charge on any atom is -0.497 e. The van der Waals surface area contributed by atoms with Crippen LogP contribution in [-0.2, 0) is 13.1 Å². The molecule has 3 rings (SSSR count). The van der Waals surface area contributed by atoms with E-state index in [-0.39, 0.29) is 0 Å². The molecule has 2 heterocycles. The van der Waals surface area contributed by atoms with E-state index in [9.17, 15) is 0 Å². The predicted octanol–water partition coefficient (Wildman–Crippen LogP) is 2.99. The van der Waals surface area contributed by atoms with Crippen LogP contribution in [-0.4, -0.2) is 32.3 Å². The van der Waals surface area contributed by atoms with Crippen molar-refractivity contribution in [2.24, 2.45) is 0 Å². The summed E-state index contributed by atoms with van der Waals surface area (Å²) in [5.41, 5.74) is 2.32. The zero-order chi connectivity index (χ0) is 16.8. The lowest BCUT2D eigenvalue weighted by molar-refractivity contribution is 0.393. The van der Waals surface area contributed by atoms with Crippen LogP contribution in [0.4, 0.5) is 5.82 Å². The number of nitrogens with zero attached hydrogens (tertiary/aromatic N) is 2. The molecule has 1 aromatic carbocycles. The molecule has 128 valence electrons. The van der Waals surface area contributed by atoms with Crippen molar-refractivity contribution >= 4 is 5.82 Å². The number of pyridine rings is 1. The fourth-order valence-corrected chi connectivity index (χ4v) is 2.97. The van der Waals surface area contributed by atoms with E-state index in [1.165, 1.54) is 18.4 Å². The third kappa shape index (κ3) is 4.17. The van der Waals surface area contributed by atoms with Gasteiger partial charge in [-0.25, -0.2) is 4.98 Å². The highest BCUT2D eigenvalue weighted by atomic mass is 16.5. The second-order valence-electron chi connectivity index (χ2n) is 6.04. The summed E-state index contributed by atoms with van der Waals surface area (Å²) in [5.74, 6) is 2.71. The Morgan fingerprint density at radius 3 is 2.21 bits per heavy atom. The Morgan fingerprint density at radius 1 is 0.958 bits per heavy atom. The molecule has 0 aliphatic carbocycles. The Balaban J connectivity index is 1.54. The SMILES string of the molecule is COc1cc(CNCc2ccc(N3CCCC3)nc2)cc(OC)c1. The van der Waals surface area contributed by atoms with Crippen molar-refractivity contribution in [3.63, 3.8) is 0 Å². The summed E-state index contributed by atoms with van der Waals surface area (Å²) < 4.78 is 10.6. The molecule has 1 fully saturated rings. The quantitative estimate of drug-likeness (QED) is 0.847. The molecule has 0 bridgehead atoms. The molecule has 1 saturated heterocycles. The predicted molar refractivity (Wildman–Crippen MR) is 95.8 cm³/mol. The summed E-state index contributed by atoms with van der Waals surface area (Å²) in [4.78, 5) is 6.93. The van der Waals surface area contributed by atoms with E-state index in [1.807, 2.05) is 24.4 Å². The summed E-state index contributed by atoms with van der Waals surface area (Å²) in [7, 11) is 3.33. The maximum Gasteiger partial charge on any atom is 0.128 e. The maximum absolute atomic E-state index is 5.30. The number of ether oxygens (including phenoxy) is 2. The van der Waals surface area contributed by atoms with Crippen LogP contribution < -0.4 is 19.7 Å². The number of rotatable bonds is 7. The van der Waals surface area contributed by atoms with Gasteiger partial charge in [0.25, 0.3) is 0 Å². The lowest BCUT2D eigenvalue weighted by Gasteiger charge is -2.16. The molecule has 0 unspecified atom stereocenters. The Kier molecular flexibility index (Phi) is 5.54. The molecule has 5 nitrogen and oxygen atoms in total. The first kappa shape index (κ1) is 16.6. The average molecular weight is 327 g/mol. The smallest absolute Gasteiger partial charge is 0.128 e. The van der Waals surface area contributed by atoms with Crippen LogP contribution >= 0.6 is 0 Å². The van der Waals surface area contributed by atoms with E-state index in [0.717, 1.165) is 49.1 Å². The van der Waals surface area contributed by atoms with Gasteiger partial charge in [0.1, 0.15) is 17.3 Å². The normalized spacial score (nSPS) is 14.0. The minimum absolute atomic E-state index is 0.751. The summed E-state index contributed by atoms with van der Waals surface area (Å²) in [6, 6.07) is 10.2. The third-order valence-electron chi connectivity index (χ3n) is 4.31. The molecular weight excluding hydrogens is 302 g/mol. The molecule has 1 aliphatic rings. The zero-order valence-corrected chi connectivity index (χ0v) is 14.4. The third-order valence-corrected chi connectivity index (χ3v) is 4.31. The monoisotopic (exact) mass is 327 g/mol. The van der Waals surface area contributed by atoms with E-state index < -0.39 is 0 Å². The van der Waals surface area contributed by atoms with Crippen molar-refractivity contribution in [2.45, 2.75) is 25.9 Å². The van der Waals surface area contributed by atoms with Gasteiger partial charge in [-0.15, -0.1) is 0 Å². The van der Waals surface area contributed by atoms with Gasteiger partial charge in [0.05, 0.1) is 14.2 Å². The number of hydrogen-bond acceptors (Lipinski definition) is 5. The fraction of sp³-hybridized carbons (Fsp3) is 0.421. The van der Waals surface area contributed by atoms with Crippen LogP contribution in [0.3, 0.4) is 0 Å². The first-order valence-electron chi connectivity index (χ1n) is 8.41. The molecule has 2 aromatic rings. The molecule has 0 radical (unpaired) electrons. The van der Waals surface area contributed by atoms with Gasteiger partial charge < -0.3 is 19.7 Å². The molecule has 1 aromatic heterocycles. The minimum atomic E-state index is 0.751. The molecular formula is C19H25N3O2. The van der Waals surface area contributed by atoms with Crippen molar-refractivity contribution in [3.05, 3.63) is 47.7 Å². The first-order valence-corrected chi connectivity index (χ1v) is 8.41. The van der Waals surface area contributed by atoms with Gasteiger partial charge in [-0.05, 0) is 42.2 Å². The van der Waals surface area contributed by atoms with Crippen LogP contribution in [0.2, 0.25) is 0 Å². The average Bonchev–Trinajstić information content (AvgIpc) is 3.16. The first-order chi connectivity index (χ1) is 11.8. The molecule has 0 atom stereocenters. The summed E-state index contributed by atoms with van der Waals surface area (Å²) in [6.07, 6.45) is 4.51. The van der Waals surface area contributed by atoms with Gasteiger partial charge in [-0.1, -0.05) is 6.07 Å². The Labute approximate surface area is 143 Å². The number of methoxy groups -OCH3 is 2. The Bertz CT molecular complexity index is 630. The van der Waals surface area contributed by atoms with Gasteiger partial charge >= 0.3 is 0 Å². The molecule has 0 saturated carbocycles. The topological polar surface area (TPSA) is 46.6 Å². The molecule has 5 heteroatoms.